The number of carbonyl (C=O) groups excluding carboxylic acids is 1. The zero-order valence-electron chi connectivity index (χ0n) is 7.78. The molecule has 1 N–H and O–H groups in total. The molecule has 0 aliphatic carbocycles. The van der Waals surface area contributed by atoms with Gasteiger partial charge in [0.15, 0.2) is 5.78 Å². The Morgan fingerprint density at radius 3 is 2.36 bits per heavy atom. The molecule has 72 valence electrons. The Labute approximate surface area is 81.7 Å². The lowest BCUT2D eigenvalue weighted by molar-refractivity contribution is -0.130. The third-order valence-electron chi connectivity index (χ3n) is 1.88. The predicted octanol–water partition coefficient (Wildman–Crippen LogP) is 1.99. The molecule has 0 saturated carbocycles. The van der Waals surface area contributed by atoms with Crippen LogP contribution in [0.15, 0.2) is 30.8 Å². The average molecular weight is 190 g/mol. The van der Waals surface area contributed by atoms with Gasteiger partial charge in [0, 0.05) is 5.56 Å². The highest BCUT2D eigenvalue weighted by Gasteiger charge is 2.08. The summed E-state index contributed by atoms with van der Waals surface area (Å²) >= 11 is 0. The highest BCUT2D eigenvalue weighted by atomic mass is 16.4. The molecule has 0 fully saturated rings. The van der Waals surface area contributed by atoms with E-state index in [2.05, 4.69) is 6.58 Å². The van der Waals surface area contributed by atoms with Crippen LogP contribution in [0.1, 0.15) is 22.8 Å². The minimum absolute atomic E-state index is 0.00639. The summed E-state index contributed by atoms with van der Waals surface area (Å²) < 4.78 is 0. The number of carboxylic acid groups (broad SMARTS) is 1. The van der Waals surface area contributed by atoms with E-state index in [1.165, 1.54) is 13.0 Å². The van der Waals surface area contributed by atoms with E-state index >= 15 is 0 Å². The van der Waals surface area contributed by atoms with Crippen LogP contribution in [0.5, 0.6) is 0 Å². The predicted molar refractivity (Wildman–Crippen MR) is 53.1 cm³/mol. The lowest BCUT2D eigenvalue weighted by Gasteiger charge is -2.01. The zero-order valence-corrected chi connectivity index (χ0v) is 7.78. The molecule has 1 aromatic rings. The van der Waals surface area contributed by atoms with E-state index in [-0.39, 0.29) is 11.4 Å². The van der Waals surface area contributed by atoms with Gasteiger partial charge in [0.2, 0.25) is 0 Å². The number of hydrogen-bond acceptors (Lipinski definition) is 2. The van der Waals surface area contributed by atoms with Gasteiger partial charge < -0.3 is 5.11 Å². The van der Waals surface area contributed by atoms with Gasteiger partial charge in [-0.25, -0.2) is 4.79 Å². The van der Waals surface area contributed by atoms with Crippen molar-refractivity contribution in [2.75, 3.05) is 0 Å². The van der Waals surface area contributed by atoms with Crippen molar-refractivity contribution in [1.82, 2.24) is 0 Å². The molecule has 1 aromatic carbocycles. The fraction of sp³-hybridized carbons (Fsp3) is 0.0909. The Morgan fingerprint density at radius 2 is 1.86 bits per heavy atom. The SMILES string of the molecule is C=C(C(=O)O)c1cccc(C(C)=O)c1. The van der Waals surface area contributed by atoms with Crippen LogP contribution in [-0.2, 0) is 4.79 Å². The van der Waals surface area contributed by atoms with Crippen LogP contribution in [0, 0.1) is 0 Å². The summed E-state index contributed by atoms with van der Waals surface area (Å²) in [6, 6.07) is 6.42. The lowest BCUT2D eigenvalue weighted by atomic mass is 10.0. The third-order valence-corrected chi connectivity index (χ3v) is 1.88. The Kier molecular flexibility index (Phi) is 2.82. The first-order valence-corrected chi connectivity index (χ1v) is 4.06. The summed E-state index contributed by atoms with van der Waals surface area (Å²) in [5.74, 6) is -1.17. The van der Waals surface area contributed by atoms with Crippen molar-refractivity contribution in [3.05, 3.63) is 42.0 Å². The summed E-state index contributed by atoms with van der Waals surface area (Å²) in [4.78, 5) is 21.6. The Morgan fingerprint density at radius 1 is 1.29 bits per heavy atom. The first kappa shape index (κ1) is 10.2. The van der Waals surface area contributed by atoms with Crippen LogP contribution in [0.4, 0.5) is 0 Å². The summed E-state index contributed by atoms with van der Waals surface area (Å²) in [5, 5.41) is 8.68. The number of carbonyl (C=O) groups is 2. The normalized spacial score (nSPS) is 9.50. The second-order valence-electron chi connectivity index (χ2n) is 2.92. The van der Waals surface area contributed by atoms with Crippen LogP contribution in [0.2, 0.25) is 0 Å². The van der Waals surface area contributed by atoms with Crippen molar-refractivity contribution in [1.29, 1.82) is 0 Å². The van der Waals surface area contributed by atoms with Gasteiger partial charge in [0.25, 0.3) is 0 Å². The Balaban J connectivity index is 3.12. The molecule has 3 heteroatoms. The van der Waals surface area contributed by atoms with E-state index in [1.807, 2.05) is 0 Å². The van der Waals surface area contributed by atoms with Gasteiger partial charge in [-0.05, 0) is 18.6 Å². The maximum atomic E-state index is 11.0. The quantitative estimate of drug-likeness (QED) is 0.585. The largest absolute Gasteiger partial charge is 0.478 e. The molecular weight excluding hydrogens is 180 g/mol. The number of ketones is 1. The number of aliphatic carboxylic acids is 1. The van der Waals surface area contributed by atoms with Gasteiger partial charge >= 0.3 is 5.97 Å². The van der Waals surface area contributed by atoms with Crippen molar-refractivity contribution in [3.63, 3.8) is 0 Å². The molecule has 0 unspecified atom stereocenters. The number of hydrogen-bond donors (Lipinski definition) is 1. The van der Waals surface area contributed by atoms with Crippen molar-refractivity contribution in [2.24, 2.45) is 0 Å². The van der Waals surface area contributed by atoms with Crippen LogP contribution in [0.3, 0.4) is 0 Å². The fourth-order valence-electron chi connectivity index (χ4n) is 1.05. The van der Waals surface area contributed by atoms with Crippen molar-refractivity contribution < 1.29 is 14.7 Å². The van der Waals surface area contributed by atoms with Gasteiger partial charge in [0.1, 0.15) is 0 Å². The van der Waals surface area contributed by atoms with E-state index in [9.17, 15) is 9.59 Å². The average Bonchev–Trinajstić information content (AvgIpc) is 2.16. The van der Waals surface area contributed by atoms with Crippen LogP contribution < -0.4 is 0 Å². The first-order chi connectivity index (χ1) is 6.52. The van der Waals surface area contributed by atoms with E-state index in [4.69, 9.17) is 5.11 Å². The maximum absolute atomic E-state index is 11.0. The molecule has 14 heavy (non-hydrogen) atoms. The number of rotatable bonds is 3. The Hall–Kier alpha value is -1.90. The number of Topliss-reactive ketones (excluding diaryl/α,β-unsaturated/α-hetero) is 1. The smallest absolute Gasteiger partial charge is 0.335 e. The first-order valence-electron chi connectivity index (χ1n) is 4.06. The number of carboxylic acids is 1. The van der Waals surface area contributed by atoms with Gasteiger partial charge in [-0.3, -0.25) is 4.79 Å². The molecule has 0 aliphatic rings. The monoisotopic (exact) mass is 190 g/mol. The fourth-order valence-corrected chi connectivity index (χ4v) is 1.05. The minimum Gasteiger partial charge on any atom is -0.478 e. The van der Waals surface area contributed by atoms with Gasteiger partial charge in [-0.15, -0.1) is 0 Å². The molecule has 0 amide bonds. The topological polar surface area (TPSA) is 54.4 Å². The third kappa shape index (κ3) is 2.07. The van der Waals surface area contributed by atoms with Crippen molar-refractivity contribution in [2.45, 2.75) is 6.92 Å². The summed E-state index contributed by atoms with van der Waals surface area (Å²) in [7, 11) is 0. The standard InChI is InChI=1S/C11H10O3/c1-7(11(13)14)9-4-3-5-10(6-9)8(2)12/h3-6H,1H2,2H3,(H,13,14). The molecule has 0 atom stereocenters. The summed E-state index contributed by atoms with van der Waals surface area (Å²) in [5.41, 5.74) is 0.947. The molecule has 0 aromatic heterocycles. The molecule has 0 saturated heterocycles. The second kappa shape index (κ2) is 3.87. The molecule has 0 radical (unpaired) electrons. The van der Waals surface area contributed by atoms with Crippen LogP contribution >= 0.6 is 0 Å². The second-order valence-corrected chi connectivity index (χ2v) is 2.92. The number of benzene rings is 1. The van der Waals surface area contributed by atoms with Crippen LogP contribution in [-0.4, -0.2) is 16.9 Å². The van der Waals surface area contributed by atoms with E-state index in [0.717, 1.165) is 0 Å². The minimum atomic E-state index is -1.08. The zero-order chi connectivity index (χ0) is 10.7. The molecule has 0 aliphatic heterocycles. The maximum Gasteiger partial charge on any atom is 0.335 e. The summed E-state index contributed by atoms with van der Waals surface area (Å²) in [6.45, 7) is 4.85. The lowest BCUT2D eigenvalue weighted by Crippen LogP contribution is -2.00. The molecule has 0 heterocycles. The Bertz CT molecular complexity index is 405. The van der Waals surface area contributed by atoms with E-state index in [0.29, 0.717) is 11.1 Å². The molecule has 3 nitrogen and oxygen atoms in total. The van der Waals surface area contributed by atoms with Crippen LogP contribution in [0.25, 0.3) is 5.57 Å². The van der Waals surface area contributed by atoms with Gasteiger partial charge in [0.05, 0.1) is 5.57 Å². The van der Waals surface area contributed by atoms with Gasteiger partial charge in [-0.2, -0.15) is 0 Å². The molecule has 0 spiro atoms. The van der Waals surface area contributed by atoms with Crippen molar-refractivity contribution >= 4 is 17.3 Å². The van der Waals surface area contributed by atoms with E-state index in [1.54, 1.807) is 18.2 Å². The van der Waals surface area contributed by atoms with Crippen molar-refractivity contribution in [3.8, 4) is 0 Å². The molecule has 0 bridgehead atoms. The molecular formula is C11H10O3. The summed E-state index contributed by atoms with van der Waals surface area (Å²) in [6.07, 6.45) is 0. The van der Waals surface area contributed by atoms with Gasteiger partial charge in [-0.1, -0.05) is 24.8 Å². The highest BCUT2D eigenvalue weighted by Crippen LogP contribution is 2.14. The van der Waals surface area contributed by atoms with E-state index < -0.39 is 5.97 Å². The highest BCUT2D eigenvalue weighted by molar-refractivity contribution is 6.14. The molecule has 1 rings (SSSR count).